The quantitative estimate of drug-likeness (QED) is 0.363. The highest BCUT2D eigenvalue weighted by Crippen LogP contribution is 2.28. The SMILES string of the molecule is NC(=O)c1cc2ccc(-c3ccnc(C(=O)O)c3)cc2nc1Nc1cccc(C(=O)O)c1. The second kappa shape index (κ2) is 8.15. The van der Waals surface area contributed by atoms with Gasteiger partial charge in [0.1, 0.15) is 11.5 Å². The summed E-state index contributed by atoms with van der Waals surface area (Å²) >= 11 is 0. The Balaban J connectivity index is 1.80. The van der Waals surface area contributed by atoms with Crippen molar-refractivity contribution in [1.29, 1.82) is 0 Å². The van der Waals surface area contributed by atoms with Gasteiger partial charge in [-0.15, -0.1) is 0 Å². The molecular weight excluding hydrogens is 412 g/mol. The summed E-state index contributed by atoms with van der Waals surface area (Å²) in [5.74, 6) is -2.74. The van der Waals surface area contributed by atoms with Gasteiger partial charge in [0.05, 0.1) is 16.6 Å². The first-order valence-corrected chi connectivity index (χ1v) is 9.36. The molecule has 5 N–H and O–H groups in total. The summed E-state index contributed by atoms with van der Waals surface area (Å²) in [5.41, 5.74) is 7.96. The van der Waals surface area contributed by atoms with Crippen LogP contribution in [0.1, 0.15) is 31.2 Å². The lowest BCUT2D eigenvalue weighted by atomic mass is 10.0. The van der Waals surface area contributed by atoms with Crippen molar-refractivity contribution in [2.45, 2.75) is 0 Å². The molecule has 2 heterocycles. The van der Waals surface area contributed by atoms with Crippen LogP contribution in [0.3, 0.4) is 0 Å². The number of nitrogens with one attached hydrogen (secondary N) is 1. The molecule has 0 fully saturated rings. The van der Waals surface area contributed by atoms with Crippen molar-refractivity contribution in [1.82, 2.24) is 9.97 Å². The number of pyridine rings is 2. The number of nitrogens with two attached hydrogens (primary N) is 1. The Labute approximate surface area is 181 Å². The number of aromatic nitrogens is 2. The molecule has 0 saturated carbocycles. The van der Waals surface area contributed by atoms with Gasteiger partial charge in [-0.1, -0.05) is 18.2 Å². The summed E-state index contributed by atoms with van der Waals surface area (Å²) in [4.78, 5) is 42.8. The summed E-state index contributed by atoms with van der Waals surface area (Å²) < 4.78 is 0. The van der Waals surface area contributed by atoms with Gasteiger partial charge in [0, 0.05) is 17.3 Å². The largest absolute Gasteiger partial charge is 0.478 e. The maximum atomic E-state index is 12.0. The Hall–Kier alpha value is -4.79. The van der Waals surface area contributed by atoms with E-state index in [9.17, 15) is 24.6 Å². The number of anilines is 2. The van der Waals surface area contributed by atoms with Crippen molar-refractivity contribution in [2.24, 2.45) is 5.73 Å². The number of fused-ring (bicyclic) bond motifs is 1. The van der Waals surface area contributed by atoms with Crippen LogP contribution in [0.25, 0.3) is 22.0 Å². The minimum Gasteiger partial charge on any atom is -0.478 e. The first kappa shape index (κ1) is 20.5. The summed E-state index contributed by atoms with van der Waals surface area (Å²) in [7, 11) is 0. The Morgan fingerprint density at radius 2 is 1.66 bits per heavy atom. The lowest BCUT2D eigenvalue weighted by molar-refractivity contribution is 0.0682. The van der Waals surface area contributed by atoms with Gasteiger partial charge in [0.15, 0.2) is 0 Å². The van der Waals surface area contributed by atoms with E-state index < -0.39 is 17.8 Å². The molecule has 4 rings (SSSR count). The van der Waals surface area contributed by atoms with Crippen LogP contribution in [0.2, 0.25) is 0 Å². The fourth-order valence-electron chi connectivity index (χ4n) is 3.22. The highest BCUT2D eigenvalue weighted by molar-refractivity contribution is 6.02. The first-order valence-electron chi connectivity index (χ1n) is 9.36. The zero-order chi connectivity index (χ0) is 22.8. The van der Waals surface area contributed by atoms with Crippen LogP contribution >= 0.6 is 0 Å². The summed E-state index contributed by atoms with van der Waals surface area (Å²) in [5, 5.41) is 22.0. The van der Waals surface area contributed by atoms with E-state index in [4.69, 9.17) is 5.73 Å². The number of primary amides is 1. The van der Waals surface area contributed by atoms with Gasteiger partial charge in [-0.3, -0.25) is 4.79 Å². The molecule has 2 aromatic carbocycles. The van der Waals surface area contributed by atoms with E-state index in [0.717, 1.165) is 0 Å². The van der Waals surface area contributed by atoms with E-state index in [1.165, 1.54) is 24.4 Å². The summed E-state index contributed by atoms with van der Waals surface area (Å²) in [6.45, 7) is 0. The lowest BCUT2D eigenvalue weighted by Gasteiger charge is -2.12. The number of carbonyl (C=O) groups is 3. The molecule has 0 aliphatic rings. The number of benzene rings is 2. The van der Waals surface area contributed by atoms with Crippen molar-refractivity contribution in [2.75, 3.05) is 5.32 Å². The van der Waals surface area contributed by atoms with Crippen LogP contribution in [0, 0.1) is 0 Å². The molecule has 1 amide bonds. The number of carboxylic acids is 2. The van der Waals surface area contributed by atoms with E-state index in [1.54, 1.807) is 42.5 Å². The van der Waals surface area contributed by atoms with Gasteiger partial charge >= 0.3 is 11.9 Å². The third kappa shape index (κ3) is 4.08. The molecule has 0 aliphatic heterocycles. The highest BCUT2D eigenvalue weighted by Gasteiger charge is 2.14. The number of hydrogen-bond donors (Lipinski definition) is 4. The third-order valence-corrected chi connectivity index (χ3v) is 4.77. The molecule has 0 atom stereocenters. The summed E-state index contributed by atoms with van der Waals surface area (Å²) in [6.07, 6.45) is 1.41. The average molecular weight is 428 g/mol. The molecule has 32 heavy (non-hydrogen) atoms. The van der Waals surface area contributed by atoms with Gasteiger partial charge in [0.2, 0.25) is 0 Å². The minimum absolute atomic E-state index is 0.0747. The molecule has 158 valence electrons. The number of aromatic carboxylic acids is 2. The normalized spacial score (nSPS) is 10.6. The molecule has 0 saturated heterocycles. The van der Waals surface area contributed by atoms with Gasteiger partial charge < -0.3 is 21.3 Å². The second-order valence-electron chi connectivity index (χ2n) is 6.90. The van der Waals surface area contributed by atoms with Crippen LogP contribution in [0.15, 0.2) is 66.9 Å². The average Bonchev–Trinajstić information content (AvgIpc) is 2.78. The Morgan fingerprint density at radius 1 is 0.875 bits per heavy atom. The number of nitrogens with zero attached hydrogens (tertiary/aromatic N) is 2. The third-order valence-electron chi connectivity index (χ3n) is 4.77. The van der Waals surface area contributed by atoms with Gasteiger partial charge in [0.25, 0.3) is 5.91 Å². The molecule has 0 bridgehead atoms. The van der Waals surface area contributed by atoms with Crippen LogP contribution in [0.4, 0.5) is 11.5 Å². The molecule has 9 nitrogen and oxygen atoms in total. The molecule has 9 heteroatoms. The van der Waals surface area contributed by atoms with E-state index >= 15 is 0 Å². The molecule has 0 spiro atoms. The van der Waals surface area contributed by atoms with Crippen LogP contribution in [0.5, 0.6) is 0 Å². The zero-order valence-electron chi connectivity index (χ0n) is 16.4. The first-order chi connectivity index (χ1) is 15.3. The van der Waals surface area contributed by atoms with E-state index in [1.807, 2.05) is 0 Å². The fourth-order valence-corrected chi connectivity index (χ4v) is 3.22. The maximum absolute atomic E-state index is 12.0. The van der Waals surface area contributed by atoms with Gasteiger partial charge in [-0.25, -0.2) is 19.6 Å². The van der Waals surface area contributed by atoms with Crippen molar-refractivity contribution in [3.8, 4) is 11.1 Å². The van der Waals surface area contributed by atoms with E-state index in [2.05, 4.69) is 15.3 Å². The van der Waals surface area contributed by atoms with Crippen molar-refractivity contribution in [3.63, 3.8) is 0 Å². The fraction of sp³-hybridized carbons (Fsp3) is 0. The summed E-state index contributed by atoms with van der Waals surface area (Å²) in [6, 6.07) is 16.1. The molecular formula is C23H16N4O5. The maximum Gasteiger partial charge on any atom is 0.354 e. The monoisotopic (exact) mass is 428 g/mol. The minimum atomic E-state index is -1.13. The van der Waals surface area contributed by atoms with Crippen LogP contribution < -0.4 is 11.1 Å². The second-order valence-corrected chi connectivity index (χ2v) is 6.90. The standard InChI is InChI=1S/C23H16N4O5/c24-20(28)17-9-14-5-4-12(13-6-7-25-19(11-13)23(31)32)10-18(14)27-21(17)26-16-3-1-2-15(8-16)22(29)30/h1-11H,(H2,24,28)(H,26,27)(H,29,30)(H,31,32). The van der Waals surface area contributed by atoms with Gasteiger partial charge in [-0.05, 0) is 53.6 Å². The smallest absolute Gasteiger partial charge is 0.354 e. The van der Waals surface area contributed by atoms with Crippen molar-refractivity contribution in [3.05, 3.63) is 83.7 Å². The number of rotatable bonds is 6. The highest BCUT2D eigenvalue weighted by atomic mass is 16.4. The Bertz CT molecular complexity index is 1400. The molecule has 0 radical (unpaired) electrons. The number of amides is 1. The predicted octanol–water partition coefficient (Wildman–Crippen LogP) is 3.54. The zero-order valence-corrected chi connectivity index (χ0v) is 16.4. The van der Waals surface area contributed by atoms with Crippen LogP contribution in [-0.2, 0) is 0 Å². The van der Waals surface area contributed by atoms with Crippen molar-refractivity contribution >= 4 is 40.3 Å². The topological polar surface area (TPSA) is 156 Å². The number of carbonyl (C=O) groups excluding carboxylic acids is 1. The lowest BCUT2D eigenvalue weighted by Crippen LogP contribution is -2.14. The van der Waals surface area contributed by atoms with E-state index in [0.29, 0.717) is 27.7 Å². The van der Waals surface area contributed by atoms with Crippen LogP contribution in [-0.4, -0.2) is 38.0 Å². The van der Waals surface area contributed by atoms with E-state index in [-0.39, 0.29) is 22.6 Å². The molecule has 4 aromatic rings. The van der Waals surface area contributed by atoms with Gasteiger partial charge in [-0.2, -0.15) is 0 Å². The molecule has 0 unspecified atom stereocenters. The predicted molar refractivity (Wildman–Crippen MR) is 117 cm³/mol. The van der Waals surface area contributed by atoms with Crippen molar-refractivity contribution < 1.29 is 24.6 Å². The number of carboxylic acid groups (broad SMARTS) is 2. The Kier molecular flexibility index (Phi) is 5.22. The number of hydrogen-bond acceptors (Lipinski definition) is 6. The molecule has 2 aromatic heterocycles. The molecule has 0 aliphatic carbocycles. The Morgan fingerprint density at radius 3 is 2.38 bits per heavy atom.